The summed E-state index contributed by atoms with van der Waals surface area (Å²) in [5.74, 6) is -0.114. The van der Waals surface area contributed by atoms with Crippen LogP contribution in [-0.4, -0.2) is 43.8 Å². The van der Waals surface area contributed by atoms with Crippen molar-refractivity contribution < 1.29 is 4.79 Å². The number of amides is 1. The number of carbonyl (C=O) groups is 1. The van der Waals surface area contributed by atoms with Gasteiger partial charge >= 0.3 is 0 Å². The van der Waals surface area contributed by atoms with Crippen molar-refractivity contribution in [3.05, 3.63) is 97.9 Å². The molecule has 1 amide bonds. The third-order valence-electron chi connectivity index (χ3n) is 4.71. The van der Waals surface area contributed by atoms with E-state index in [4.69, 9.17) is 9.97 Å². The molecule has 31 heavy (non-hydrogen) atoms. The van der Waals surface area contributed by atoms with Gasteiger partial charge in [0.15, 0.2) is 0 Å². The number of carbonyl (C=O) groups excluding carboxylic acids is 1. The Morgan fingerprint density at radius 3 is 1.90 bits per heavy atom. The van der Waals surface area contributed by atoms with E-state index in [0.717, 1.165) is 0 Å². The molecule has 1 aromatic carbocycles. The largest absolute Gasteiger partial charge is 0.331 e. The Morgan fingerprint density at radius 1 is 0.806 bits per heavy atom. The molecule has 0 fully saturated rings. The maximum absolute atomic E-state index is 13.0. The van der Waals surface area contributed by atoms with Crippen LogP contribution >= 0.6 is 0 Å². The molecule has 0 saturated carbocycles. The minimum Gasteiger partial charge on any atom is -0.331 e. The molecule has 6 heteroatoms. The predicted molar refractivity (Wildman–Crippen MR) is 122 cm³/mol. The van der Waals surface area contributed by atoms with Crippen LogP contribution < -0.4 is 0 Å². The lowest BCUT2D eigenvalue weighted by atomic mass is 10.1. The Balaban J connectivity index is 1.86. The van der Waals surface area contributed by atoms with Gasteiger partial charge in [0.1, 0.15) is 11.4 Å². The first-order valence-corrected chi connectivity index (χ1v) is 9.87. The maximum Gasteiger partial charge on any atom is 0.254 e. The second-order valence-corrected chi connectivity index (χ2v) is 6.84. The summed E-state index contributed by atoms with van der Waals surface area (Å²) in [5.41, 5.74) is 4.48. The number of pyridine rings is 2. The molecule has 4 aromatic rings. The quantitative estimate of drug-likeness (QED) is 0.420. The van der Waals surface area contributed by atoms with E-state index < -0.39 is 0 Å². The van der Waals surface area contributed by atoms with E-state index in [9.17, 15) is 4.79 Å². The van der Waals surface area contributed by atoms with Crippen LogP contribution in [0.3, 0.4) is 0 Å². The van der Waals surface area contributed by atoms with E-state index in [1.807, 2.05) is 42.5 Å². The molecule has 6 nitrogen and oxygen atoms in total. The van der Waals surface area contributed by atoms with Crippen LogP contribution in [-0.2, 0) is 0 Å². The fourth-order valence-corrected chi connectivity index (χ4v) is 3.28. The average Bonchev–Trinajstić information content (AvgIpc) is 2.83. The summed E-state index contributed by atoms with van der Waals surface area (Å²) < 4.78 is 0. The summed E-state index contributed by atoms with van der Waals surface area (Å²) in [6, 6.07) is 16.6. The molecule has 0 spiro atoms. The standard InChI is InChI=1S/C25H21N5O/c1-3-15-30(16-4-2)25(31)18-11-12-19-22(17-18)29-24(21-10-6-8-14-27-21)23(28-19)20-9-5-7-13-26-20/h3-14,17H,1-2,15-16H2. The average molecular weight is 407 g/mol. The van der Waals surface area contributed by atoms with E-state index in [-0.39, 0.29) is 5.91 Å². The zero-order chi connectivity index (χ0) is 21.6. The highest BCUT2D eigenvalue weighted by molar-refractivity contribution is 5.98. The first-order chi connectivity index (χ1) is 15.2. The van der Waals surface area contributed by atoms with Gasteiger partial charge in [-0.05, 0) is 42.5 Å². The summed E-state index contributed by atoms with van der Waals surface area (Å²) in [5, 5.41) is 0. The van der Waals surface area contributed by atoms with E-state index in [2.05, 4.69) is 23.1 Å². The highest BCUT2D eigenvalue weighted by Crippen LogP contribution is 2.29. The SMILES string of the molecule is C=CCN(CC=C)C(=O)c1ccc2nc(-c3ccccn3)c(-c3ccccn3)nc2c1. The summed E-state index contributed by atoms with van der Waals surface area (Å²) >= 11 is 0. The third-order valence-corrected chi connectivity index (χ3v) is 4.71. The Hall–Kier alpha value is -4.19. The fraction of sp³-hybridized carbons (Fsp3) is 0.0800. The van der Waals surface area contributed by atoms with Crippen LogP contribution in [0.2, 0.25) is 0 Å². The van der Waals surface area contributed by atoms with Crippen molar-refractivity contribution in [1.82, 2.24) is 24.8 Å². The highest BCUT2D eigenvalue weighted by Gasteiger charge is 2.18. The molecule has 0 N–H and O–H groups in total. The highest BCUT2D eigenvalue weighted by atomic mass is 16.2. The van der Waals surface area contributed by atoms with Crippen molar-refractivity contribution in [3.63, 3.8) is 0 Å². The molecule has 0 aliphatic heterocycles. The van der Waals surface area contributed by atoms with Crippen molar-refractivity contribution in [2.75, 3.05) is 13.1 Å². The van der Waals surface area contributed by atoms with Crippen molar-refractivity contribution in [2.45, 2.75) is 0 Å². The second kappa shape index (κ2) is 9.09. The smallest absolute Gasteiger partial charge is 0.254 e. The normalized spacial score (nSPS) is 10.6. The Morgan fingerprint density at radius 2 is 1.39 bits per heavy atom. The number of fused-ring (bicyclic) bond motifs is 1. The van der Waals surface area contributed by atoms with E-state index >= 15 is 0 Å². The zero-order valence-electron chi connectivity index (χ0n) is 17.0. The number of hydrogen-bond donors (Lipinski definition) is 0. The Labute approximate surface area is 180 Å². The third kappa shape index (κ3) is 4.23. The lowest BCUT2D eigenvalue weighted by Gasteiger charge is -2.19. The molecule has 0 atom stereocenters. The molecule has 152 valence electrons. The molecule has 3 aromatic heterocycles. The van der Waals surface area contributed by atoms with Crippen molar-refractivity contribution in [2.24, 2.45) is 0 Å². The second-order valence-electron chi connectivity index (χ2n) is 6.84. The number of aromatic nitrogens is 4. The summed E-state index contributed by atoms with van der Waals surface area (Å²) in [4.78, 5) is 33.2. The minimum absolute atomic E-state index is 0.114. The van der Waals surface area contributed by atoms with E-state index in [0.29, 0.717) is 52.5 Å². The lowest BCUT2D eigenvalue weighted by molar-refractivity contribution is 0.0791. The lowest BCUT2D eigenvalue weighted by Crippen LogP contribution is -2.31. The van der Waals surface area contributed by atoms with Gasteiger partial charge in [0.2, 0.25) is 0 Å². The molecule has 0 saturated heterocycles. The fourth-order valence-electron chi connectivity index (χ4n) is 3.28. The molecule has 4 rings (SSSR count). The Bertz CT molecular complexity index is 1230. The van der Waals surface area contributed by atoms with Gasteiger partial charge in [-0.15, -0.1) is 13.2 Å². The van der Waals surface area contributed by atoms with Crippen LogP contribution in [0.1, 0.15) is 10.4 Å². The van der Waals surface area contributed by atoms with Crippen LogP contribution in [0, 0.1) is 0 Å². The molecule has 3 heterocycles. The minimum atomic E-state index is -0.114. The van der Waals surface area contributed by atoms with E-state index in [1.54, 1.807) is 41.6 Å². The van der Waals surface area contributed by atoms with Crippen molar-refractivity contribution in [3.8, 4) is 22.8 Å². The van der Waals surface area contributed by atoms with Crippen LogP contribution in [0.5, 0.6) is 0 Å². The van der Waals surface area contributed by atoms with Gasteiger partial charge in [0.25, 0.3) is 5.91 Å². The molecular formula is C25H21N5O. The van der Waals surface area contributed by atoms with Gasteiger partial charge < -0.3 is 4.90 Å². The number of hydrogen-bond acceptors (Lipinski definition) is 5. The summed E-state index contributed by atoms with van der Waals surface area (Å²) in [7, 11) is 0. The number of benzene rings is 1. The van der Waals surface area contributed by atoms with Gasteiger partial charge in [-0.1, -0.05) is 24.3 Å². The number of rotatable bonds is 7. The molecule has 0 unspecified atom stereocenters. The Kier molecular flexibility index (Phi) is 5.89. The zero-order valence-corrected chi connectivity index (χ0v) is 17.0. The summed E-state index contributed by atoms with van der Waals surface area (Å²) in [6.45, 7) is 8.33. The van der Waals surface area contributed by atoms with Crippen LogP contribution in [0.15, 0.2) is 92.3 Å². The molecule has 0 aliphatic rings. The van der Waals surface area contributed by atoms with Gasteiger partial charge in [0.05, 0.1) is 22.4 Å². The first-order valence-electron chi connectivity index (χ1n) is 9.87. The molecular weight excluding hydrogens is 386 g/mol. The van der Waals surface area contributed by atoms with Gasteiger partial charge in [0, 0.05) is 31.0 Å². The van der Waals surface area contributed by atoms with Gasteiger partial charge in [-0.25, -0.2) is 9.97 Å². The van der Waals surface area contributed by atoms with E-state index in [1.165, 1.54) is 0 Å². The van der Waals surface area contributed by atoms with Crippen molar-refractivity contribution in [1.29, 1.82) is 0 Å². The monoisotopic (exact) mass is 407 g/mol. The first kappa shape index (κ1) is 20.1. The van der Waals surface area contributed by atoms with Crippen LogP contribution in [0.25, 0.3) is 33.8 Å². The van der Waals surface area contributed by atoms with Gasteiger partial charge in [-0.3, -0.25) is 14.8 Å². The predicted octanol–water partition coefficient (Wildman–Crippen LogP) is 4.57. The van der Waals surface area contributed by atoms with Crippen molar-refractivity contribution >= 4 is 16.9 Å². The summed E-state index contributed by atoms with van der Waals surface area (Å²) in [6.07, 6.45) is 6.83. The maximum atomic E-state index is 13.0. The topological polar surface area (TPSA) is 71.9 Å². The molecule has 0 radical (unpaired) electrons. The van der Waals surface area contributed by atoms with Gasteiger partial charge in [-0.2, -0.15) is 0 Å². The molecule has 0 aliphatic carbocycles. The molecule has 0 bridgehead atoms. The van der Waals surface area contributed by atoms with Crippen LogP contribution in [0.4, 0.5) is 0 Å². The number of nitrogens with zero attached hydrogens (tertiary/aromatic N) is 5.